The van der Waals surface area contributed by atoms with E-state index in [0.29, 0.717) is 12.2 Å². The molecule has 4 heterocycles. The zero-order valence-corrected chi connectivity index (χ0v) is 13.6. The molecule has 8 aliphatic carbocycles. The minimum Gasteiger partial charge on any atom is -0.377 e. The standard InChI is InChI=1S/C22H22O2/c1-3-5-9-7-4-2-24-22-19-13(7)11(5)17-15(19)16-18(21(17)23-1)12-6(3)10(9)8(4)14(12)20(16)22/h3-11,13,15-22H,1-2H2. The predicted octanol–water partition coefficient (Wildman–Crippen LogP) is 2.06. The Morgan fingerprint density at radius 3 is 1.50 bits per heavy atom. The first-order valence-corrected chi connectivity index (χ1v) is 10.9. The van der Waals surface area contributed by atoms with Gasteiger partial charge in [-0.3, -0.25) is 0 Å². The van der Waals surface area contributed by atoms with Gasteiger partial charge in [-0.15, -0.1) is 0 Å². The lowest BCUT2D eigenvalue weighted by molar-refractivity contribution is -0.0165. The van der Waals surface area contributed by atoms with Crippen LogP contribution in [0.5, 0.6) is 0 Å². The van der Waals surface area contributed by atoms with Crippen LogP contribution in [-0.2, 0) is 9.47 Å². The molecule has 14 atom stereocenters. The normalized spacial score (nSPS) is 88.0. The first-order chi connectivity index (χ1) is 12.0. The Labute approximate surface area is 141 Å². The van der Waals surface area contributed by atoms with Crippen LogP contribution in [0.25, 0.3) is 0 Å². The second-order valence-corrected chi connectivity index (χ2v) is 11.7. The molecule has 2 nitrogen and oxygen atoms in total. The molecule has 12 rings (SSSR count). The van der Waals surface area contributed by atoms with Crippen molar-refractivity contribution in [3.05, 3.63) is 11.1 Å². The molecule has 0 aromatic carbocycles. The maximum absolute atomic E-state index is 6.82. The maximum atomic E-state index is 6.82. The monoisotopic (exact) mass is 318 g/mol. The van der Waals surface area contributed by atoms with E-state index in [1.54, 1.807) is 0 Å². The van der Waals surface area contributed by atoms with Gasteiger partial charge in [0.25, 0.3) is 0 Å². The lowest BCUT2D eigenvalue weighted by Gasteiger charge is -2.36. The smallest absolute Gasteiger partial charge is 0.0677 e. The van der Waals surface area contributed by atoms with E-state index in [2.05, 4.69) is 11.1 Å². The summed E-state index contributed by atoms with van der Waals surface area (Å²) < 4.78 is 13.6. The molecule has 4 aliphatic heterocycles. The molecule has 4 saturated heterocycles. The molecular formula is C22H22O2. The number of ether oxygens (including phenoxy) is 2. The first-order valence-electron chi connectivity index (χ1n) is 10.9. The maximum Gasteiger partial charge on any atom is 0.0677 e. The third-order valence-corrected chi connectivity index (χ3v) is 12.7. The van der Waals surface area contributed by atoms with Crippen molar-refractivity contribution in [2.75, 3.05) is 13.2 Å². The molecule has 0 radical (unpaired) electrons. The molecule has 14 unspecified atom stereocenters. The number of rotatable bonds is 0. The number of fused-ring (bicyclic) bond motifs is 2. The van der Waals surface area contributed by atoms with Gasteiger partial charge in [0.05, 0.1) is 25.4 Å². The number of hydrogen-bond donors (Lipinski definition) is 0. The minimum atomic E-state index is 0.652. The molecule has 0 spiro atoms. The summed E-state index contributed by atoms with van der Waals surface area (Å²) in [5.74, 6) is 16.0. The van der Waals surface area contributed by atoms with Crippen molar-refractivity contribution >= 4 is 0 Å². The van der Waals surface area contributed by atoms with Crippen LogP contribution < -0.4 is 0 Å². The van der Waals surface area contributed by atoms with Gasteiger partial charge in [0, 0.05) is 11.8 Å². The highest BCUT2D eigenvalue weighted by molar-refractivity contribution is 5.53. The second-order valence-electron chi connectivity index (χ2n) is 11.7. The molecular weight excluding hydrogens is 296 g/mol. The van der Waals surface area contributed by atoms with Crippen molar-refractivity contribution in [3.63, 3.8) is 0 Å². The molecule has 6 saturated carbocycles. The summed E-state index contributed by atoms with van der Waals surface area (Å²) in [6, 6.07) is 0. The largest absolute Gasteiger partial charge is 0.377 e. The Hall–Kier alpha value is -0.340. The Morgan fingerprint density at radius 1 is 0.458 bits per heavy atom. The second kappa shape index (κ2) is 2.62. The van der Waals surface area contributed by atoms with E-state index in [9.17, 15) is 0 Å². The molecule has 2 heteroatoms. The fourth-order valence-corrected chi connectivity index (χ4v) is 13.7. The zero-order valence-electron chi connectivity index (χ0n) is 13.6. The highest BCUT2D eigenvalue weighted by atomic mass is 16.5. The Morgan fingerprint density at radius 2 is 0.917 bits per heavy atom. The average Bonchev–Trinajstić information content (AvgIpc) is 3.31. The van der Waals surface area contributed by atoms with Crippen molar-refractivity contribution in [2.24, 2.45) is 94.7 Å². The summed E-state index contributed by atoms with van der Waals surface area (Å²) in [5.41, 5.74) is 4.12. The van der Waals surface area contributed by atoms with Gasteiger partial charge in [0.1, 0.15) is 0 Å². The zero-order chi connectivity index (χ0) is 14.4. The lowest BCUT2D eigenvalue weighted by Crippen LogP contribution is -2.36. The summed E-state index contributed by atoms with van der Waals surface area (Å²) in [6.07, 6.45) is 1.30. The van der Waals surface area contributed by atoms with E-state index in [-0.39, 0.29) is 0 Å². The summed E-state index contributed by atoms with van der Waals surface area (Å²) in [7, 11) is 0. The molecule has 24 heavy (non-hydrogen) atoms. The molecule has 0 amide bonds. The molecule has 122 valence electrons. The van der Waals surface area contributed by atoms with Crippen LogP contribution in [0.1, 0.15) is 0 Å². The SMILES string of the molecule is C1OC2C3C4=C5C6C7COC8C5C3C3C2C2C5C1C4C6C5C7C2C83. The van der Waals surface area contributed by atoms with E-state index in [4.69, 9.17) is 9.47 Å². The van der Waals surface area contributed by atoms with Crippen LogP contribution in [0.4, 0.5) is 0 Å². The molecule has 0 aromatic heterocycles. The summed E-state index contributed by atoms with van der Waals surface area (Å²) in [4.78, 5) is 0. The first kappa shape index (κ1) is 10.7. The van der Waals surface area contributed by atoms with Crippen LogP contribution in [-0.4, -0.2) is 25.4 Å². The van der Waals surface area contributed by atoms with Crippen LogP contribution in [0.2, 0.25) is 0 Å². The van der Waals surface area contributed by atoms with Crippen molar-refractivity contribution in [3.8, 4) is 0 Å². The molecule has 0 aromatic rings. The van der Waals surface area contributed by atoms with E-state index < -0.39 is 0 Å². The minimum absolute atomic E-state index is 0.652. The third kappa shape index (κ3) is 0.625. The topological polar surface area (TPSA) is 18.5 Å². The fourth-order valence-electron chi connectivity index (χ4n) is 13.7. The molecule has 12 aliphatic rings. The highest BCUT2D eigenvalue weighted by Gasteiger charge is 2.89. The van der Waals surface area contributed by atoms with Crippen molar-refractivity contribution in [1.29, 1.82) is 0 Å². The van der Waals surface area contributed by atoms with Crippen LogP contribution >= 0.6 is 0 Å². The summed E-state index contributed by atoms with van der Waals surface area (Å²) in [6.45, 7) is 2.30. The van der Waals surface area contributed by atoms with E-state index in [1.807, 2.05) is 0 Å². The van der Waals surface area contributed by atoms with E-state index >= 15 is 0 Å². The van der Waals surface area contributed by atoms with Gasteiger partial charge in [0.15, 0.2) is 0 Å². The summed E-state index contributed by atoms with van der Waals surface area (Å²) in [5, 5.41) is 0. The summed E-state index contributed by atoms with van der Waals surface area (Å²) >= 11 is 0. The lowest BCUT2D eigenvalue weighted by atomic mass is 9.67. The fraction of sp³-hybridized carbons (Fsp3) is 0.909. The highest BCUT2D eigenvalue weighted by Crippen LogP contribution is 2.91. The van der Waals surface area contributed by atoms with E-state index in [0.717, 1.165) is 108 Å². The quantitative estimate of drug-likeness (QED) is 0.637. The van der Waals surface area contributed by atoms with Gasteiger partial charge < -0.3 is 9.47 Å². The van der Waals surface area contributed by atoms with Crippen molar-refractivity contribution < 1.29 is 9.47 Å². The van der Waals surface area contributed by atoms with Crippen LogP contribution in [0, 0.1) is 94.7 Å². The number of hydrogen-bond acceptors (Lipinski definition) is 2. The predicted molar refractivity (Wildman–Crippen MR) is 82.3 cm³/mol. The van der Waals surface area contributed by atoms with Crippen molar-refractivity contribution in [2.45, 2.75) is 12.2 Å². The van der Waals surface area contributed by atoms with Crippen LogP contribution in [0.3, 0.4) is 0 Å². The van der Waals surface area contributed by atoms with Gasteiger partial charge in [-0.1, -0.05) is 11.1 Å². The van der Waals surface area contributed by atoms with Gasteiger partial charge in [0.2, 0.25) is 0 Å². The Bertz CT molecular complexity index is 717. The Kier molecular flexibility index (Phi) is 1.17. The Balaban J connectivity index is 1.45. The van der Waals surface area contributed by atoms with Gasteiger partial charge in [-0.05, 0) is 82.9 Å². The molecule has 10 fully saturated rings. The van der Waals surface area contributed by atoms with Gasteiger partial charge in [-0.2, -0.15) is 0 Å². The van der Waals surface area contributed by atoms with E-state index in [1.165, 1.54) is 0 Å². The molecule has 4 bridgehead atoms. The third-order valence-electron chi connectivity index (χ3n) is 12.7. The van der Waals surface area contributed by atoms with Gasteiger partial charge >= 0.3 is 0 Å². The van der Waals surface area contributed by atoms with Crippen molar-refractivity contribution in [1.82, 2.24) is 0 Å². The van der Waals surface area contributed by atoms with Gasteiger partial charge in [-0.25, -0.2) is 0 Å². The molecule has 0 N–H and O–H groups in total. The van der Waals surface area contributed by atoms with Crippen LogP contribution in [0.15, 0.2) is 11.1 Å². The average molecular weight is 318 g/mol.